The zero-order chi connectivity index (χ0) is 84.6. The third-order valence-corrected chi connectivity index (χ3v) is 24.6. The number of hydrogen-bond acceptors (Lipinski definition) is 6. The van der Waals surface area contributed by atoms with Crippen LogP contribution >= 0.6 is 0 Å². The number of esters is 1. The molecular formula is C116H92N4O4. The predicted molar refractivity (Wildman–Crippen MR) is 514 cm³/mol. The fraction of sp³-hybridized carbons (Fsp3) is 0.0776. The van der Waals surface area contributed by atoms with Crippen molar-refractivity contribution in [2.45, 2.75) is 51.7 Å². The molecule has 0 amide bonds. The summed E-state index contributed by atoms with van der Waals surface area (Å²) in [5, 5.41) is 2.38. The second-order valence-corrected chi connectivity index (χ2v) is 32.9. The van der Waals surface area contributed by atoms with Gasteiger partial charge in [0.05, 0.1) is 30.1 Å². The van der Waals surface area contributed by atoms with Crippen LogP contribution in [0.1, 0.15) is 61.1 Å². The van der Waals surface area contributed by atoms with Gasteiger partial charge in [-0.3, -0.25) is 0 Å². The lowest BCUT2D eigenvalue weighted by Gasteiger charge is -2.28. The average molecular weight is 1610 g/mol. The standard InChI is InChI=1S/C60H50N2O2.C56H42N2O2/c1-6-41(2)64-51-35-22-43(23-36-51)40-63-39-42-20-24-44(25-21-42)45-26-30-48(31-27-45)62(50-34-37-53-52-16-10-12-18-55(52)60(3,4)56(53)38-50)49-32-28-46(29-33-49)58-54-17-11-13-19-57(54)61(5)59(58)47-14-8-7-9-15-47;1-4-53(59)60-46-34-31-44(32-35-46)58-52-22-14-12-20-49(52)54(55(58)41-17-9-6-10-18-41)40-25-29-43(30-26-40)57(42-27-23-39(24-28-42)38-15-7-5-8-16-38)45-33-36-48-47-19-11-13-21-50(47)56(2,3)51(48)37-45/h6-38H,1-2,39-40H2,3-5H3;4-37H,1H2,2-3H3. The van der Waals surface area contributed by atoms with E-state index in [-0.39, 0.29) is 10.8 Å². The first kappa shape index (κ1) is 78.5. The molecule has 0 atom stereocenters. The molecule has 0 aliphatic heterocycles. The molecule has 0 unspecified atom stereocenters. The fourth-order valence-corrected chi connectivity index (χ4v) is 18.4. The summed E-state index contributed by atoms with van der Waals surface area (Å²) in [6.07, 6.45) is 2.76. The van der Waals surface area contributed by atoms with E-state index in [0.29, 0.717) is 24.7 Å². The molecule has 2 aliphatic rings. The summed E-state index contributed by atoms with van der Waals surface area (Å²) in [4.78, 5) is 16.7. The predicted octanol–water partition coefficient (Wildman–Crippen LogP) is 30.2. The molecule has 0 fully saturated rings. The molecule has 0 N–H and O–H groups in total. The fourth-order valence-electron chi connectivity index (χ4n) is 18.4. The second-order valence-electron chi connectivity index (χ2n) is 32.9. The molecule has 0 saturated heterocycles. The Bertz CT molecular complexity index is 7030. The summed E-state index contributed by atoms with van der Waals surface area (Å²) in [5.74, 6) is 1.23. The second kappa shape index (κ2) is 33.3. The van der Waals surface area contributed by atoms with Crippen molar-refractivity contribution >= 4 is 61.9 Å². The number of fused-ring (bicyclic) bond motifs is 8. The highest BCUT2D eigenvalue weighted by Crippen LogP contribution is 2.54. The van der Waals surface area contributed by atoms with E-state index < -0.39 is 5.97 Å². The first-order valence-electron chi connectivity index (χ1n) is 42.2. The molecule has 18 aromatic rings. The van der Waals surface area contributed by atoms with Crippen LogP contribution in [0.25, 0.3) is 117 Å². The summed E-state index contributed by atoms with van der Waals surface area (Å²) in [6, 6.07) is 141. The summed E-state index contributed by atoms with van der Waals surface area (Å²) >= 11 is 0. The van der Waals surface area contributed by atoms with Crippen molar-refractivity contribution in [2.75, 3.05) is 9.80 Å². The topological polar surface area (TPSA) is 61.1 Å². The Morgan fingerprint density at radius 1 is 0.331 bits per heavy atom. The minimum Gasteiger partial charge on any atom is -0.458 e. The molecule has 2 aliphatic carbocycles. The molecule has 2 heterocycles. The Labute approximate surface area is 725 Å². The lowest BCUT2D eigenvalue weighted by atomic mass is 9.82. The third-order valence-electron chi connectivity index (χ3n) is 24.6. The first-order valence-corrected chi connectivity index (χ1v) is 42.2. The first-order chi connectivity index (χ1) is 60.6. The Kier molecular flexibility index (Phi) is 21.1. The van der Waals surface area contributed by atoms with Crippen LogP contribution in [0, 0.1) is 0 Å². The molecule has 600 valence electrons. The summed E-state index contributed by atoms with van der Waals surface area (Å²) in [7, 11) is 2.17. The lowest BCUT2D eigenvalue weighted by Crippen LogP contribution is -2.16. The Hall–Kier alpha value is -15.4. The van der Waals surface area contributed by atoms with E-state index in [2.05, 4.69) is 413 Å². The number of aryl methyl sites for hydroxylation is 1. The molecule has 2 aromatic heterocycles. The number of rotatable bonds is 22. The van der Waals surface area contributed by atoms with E-state index in [0.717, 1.165) is 101 Å². The minimum atomic E-state index is -0.488. The number of benzene rings is 16. The van der Waals surface area contributed by atoms with Gasteiger partial charge in [0, 0.05) is 91.2 Å². The smallest absolute Gasteiger partial charge is 0.335 e. The zero-order valence-electron chi connectivity index (χ0n) is 70.1. The van der Waals surface area contributed by atoms with Gasteiger partial charge in [0.1, 0.15) is 17.3 Å². The van der Waals surface area contributed by atoms with Gasteiger partial charge in [0.25, 0.3) is 0 Å². The Balaban J connectivity index is 0.000000163. The molecule has 8 nitrogen and oxygen atoms in total. The van der Waals surface area contributed by atoms with Gasteiger partial charge >= 0.3 is 5.97 Å². The Morgan fingerprint density at radius 2 is 0.677 bits per heavy atom. The normalized spacial score (nSPS) is 12.4. The summed E-state index contributed by atoms with van der Waals surface area (Å²) in [6.45, 7) is 21.4. The molecule has 16 aromatic carbocycles. The van der Waals surface area contributed by atoms with E-state index in [4.69, 9.17) is 14.2 Å². The maximum atomic E-state index is 12.0. The summed E-state index contributed by atoms with van der Waals surface area (Å²) in [5.41, 5.74) is 36.4. The molecule has 0 saturated carbocycles. The van der Waals surface area contributed by atoms with Gasteiger partial charge in [-0.2, -0.15) is 0 Å². The van der Waals surface area contributed by atoms with Crippen molar-refractivity contribution in [3.8, 4) is 106 Å². The molecule has 124 heavy (non-hydrogen) atoms. The van der Waals surface area contributed by atoms with Crippen molar-refractivity contribution in [2.24, 2.45) is 7.05 Å². The van der Waals surface area contributed by atoms with Crippen LogP contribution < -0.4 is 19.3 Å². The van der Waals surface area contributed by atoms with Gasteiger partial charge in [0.2, 0.25) is 0 Å². The number of hydrogen-bond donors (Lipinski definition) is 0. The summed E-state index contributed by atoms with van der Waals surface area (Å²) < 4.78 is 21.8. The van der Waals surface area contributed by atoms with Gasteiger partial charge in [0.15, 0.2) is 0 Å². The zero-order valence-corrected chi connectivity index (χ0v) is 70.1. The number of carbonyl (C=O) groups is 1. The molecular weight excluding hydrogens is 1510 g/mol. The number of ether oxygens (including phenoxy) is 3. The van der Waals surface area contributed by atoms with Gasteiger partial charge < -0.3 is 33.1 Å². The largest absolute Gasteiger partial charge is 0.458 e. The van der Waals surface area contributed by atoms with E-state index in [1.807, 2.05) is 54.6 Å². The van der Waals surface area contributed by atoms with Gasteiger partial charge in [-0.1, -0.05) is 320 Å². The molecule has 0 spiro atoms. The quantitative estimate of drug-likeness (QED) is 0.0222. The van der Waals surface area contributed by atoms with Gasteiger partial charge in [-0.05, 0) is 228 Å². The maximum absolute atomic E-state index is 12.0. The van der Waals surface area contributed by atoms with E-state index in [1.165, 1.54) is 95.0 Å². The monoisotopic (exact) mass is 1600 g/mol. The third kappa shape index (κ3) is 14.9. The van der Waals surface area contributed by atoms with Crippen LogP contribution in [0.15, 0.2) is 432 Å². The minimum absolute atomic E-state index is 0.122. The van der Waals surface area contributed by atoms with Crippen LogP contribution in [-0.4, -0.2) is 15.1 Å². The van der Waals surface area contributed by atoms with Gasteiger partial charge in [-0.15, -0.1) is 0 Å². The van der Waals surface area contributed by atoms with Gasteiger partial charge in [-0.25, -0.2) is 4.79 Å². The SMILES string of the molecule is C=CC(=C)Oc1ccc(COCc2ccc(-c3ccc(N(c4ccc(-c5c(-c6ccccc6)n(C)c6ccccc56)cc4)c4ccc5c(c4)C(C)(C)c4ccccc4-5)cc3)cc2)cc1.C=CC(=O)Oc1ccc(-n2c(-c3ccccc3)c(-c3ccc(N(c4ccc(-c5ccccc5)cc4)c4ccc5c(c4)C(C)(C)c4ccccc4-5)cc3)c3ccccc32)cc1. The number of aromatic nitrogens is 2. The highest BCUT2D eigenvalue weighted by atomic mass is 16.5. The molecule has 0 radical (unpaired) electrons. The number of nitrogens with zero attached hydrogens (tertiary/aromatic N) is 4. The van der Waals surface area contributed by atoms with Crippen molar-refractivity contribution in [1.82, 2.24) is 9.13 Å². The highest BCUT2D eigenvalue weighted by molar-refractivity contribution is 6.07. The van der Waals surface area contributed by atoms with E-state index in [9.17, 15) is 4.79 Å². The van der Waals surface area contributed by atoms with Crippen LogP contribution in [0.4, 0.5) is 34.1 Å². The van der Waals surface area contributed by atoms with Crippen LogP contribution in [0.2, 0.25) is 0 Å². The number of anilines is 6. The van der Waals surface area contributed by atoms with Crippen LogP contribution in [0.5, 0.6) is 11.5 Å². The molecule has 8 heteroatoms. The van der Waals surface area contributed by atoms with Crippen molar-refractivity contribution in [3.05, 3.63) is 465 Å². The van der Waals surface area contributed by atoms with E-state index in [1.54, 1.807) is 6.08 Å². The van der Waals surface area contributed by atoms with Crippen molar-refractivity contribution in [3.63, 3.8) is 0 Å². The Morgan fingerprint density at radius 3 is 1.15 bits per heavy atom. The maximum Gasteiger partial charge on any atom is 0.335 e. The molecule has 20 rings (SSSR count). The van der Waals surface area contributed by atoms with Crippen LogP contribution in [-0.2, 0) is 40.6 Å². The van der Waals surface area contributed by atoms with Crippen molar-refractivity contribution < 1.29 is 19.0 Å². The van der Waals surface area contributed by atoms with E-state index >= 15 is 0 Å². The number of para-hydroxylation sites is 2. The van der Waals surface area contributed by atoms with Crippen LogP contribution in [0.3, 0.4) is 0 Å². The number of allylic oxidation sites excluding steroid dienone is 1. The molecule has 0 bridgehead atoms. The van der Waals surface area contributed by atoms with Crippen molar-refractivity contribution in [1.29, 1.82) is 0 Å². The highest BCUT2D eigenvalue weighted by Gasteiger charge is 2.38. The number of carbonyl (C=O) groups excluding carboxylic acids is 1. The average Bonchev–Trinajstić information content (AvgIpc) is 1.58. The lowest BCUT2D eigenvalue weighted by molar-refractivity contribution is -0.128.